The smallest absolute Gasteiger partial charge is 0.287 e. The molecule has 2 aliphatic rings. The van der Waals surface area contributed by atoms with Gasteiger partial charge in [0.2, 0.25) is 5.91 Å². The number of rotatable bonds is 6. The Hall–Kier alpha value is -3.54. The van der Waals surface area contributed by atoms with Gasteiger partial charge in [-0.2, -0.15) is 0 Å². The first kappa shape index (κ1) is 23.2. The van der Waals surface area contributed by atoms with E-state index in [0.717, 1.165) is 30.4 Å². The Bertz CT molecular complexity index is 1220. The van der Waals surface area contributed by atoms with Gasteiger partial charge in [-0.3, -0.25) is 9.59 Å². The summed E-state index contributed by atoms with van der Waals surface area (Å²) in [6.07, 6.45) is 2.87. The van der Waals surface area contributed by atoms with E-state index in [4.69, 9.17) is 9.15 Å². The Balaban J connectivity index is 1.38. The lowest BCUT2D eigenvalue weighted by molar-refractivity contribution is -0.141. The number of carbonyl (C=O) groups is 2. The van der Waals surface area contributed by atoms with Crippen LogP contribution in [0.25, 0.3) is 0 Å². The van der Waals surface area contributed by atoms with Crippen molar-refractivity contribution in [3.05, 3.63) is 88.9 Å². The van der Waals surface area contributed by atoms with Gasteiger partial charge in [0.25, 0.3) is 5.91 Å². The average Bonchev–Trinajstić information content (AvgIpc) is 3.53. The highest BCUT2D eigenvalue weighted by atomic mass is 16.5. The molecule has 0 saturated heterocycles. The van der Waals surface area contributed by atoms with Crippen molar-refractivity contribution >= 4 is 11.8 Å². The number of nitrogens with zero attached hydrogens (tertiary/aromatic N) is 1. The van der Waals surface area contributed by atoms with E-state index in [1.54, 1.807) is 12.1 Å². The van der Waals surface area contributed by atoms with Gasteiger partial charge in [0, 0.05) is 18.0 Å². The highest BCUT2D eigenvalue weighted by molar-refractivity contribution is 5.91. The number of hydrogen-bond donors (Lipinski definition) is 1. The maximum absolute atomic E-state index is 13.4. The normalized spacial score (nSPS) is 17.6. The fourth-order valence-electron chi connectivity index (χ4n) is 4.54. The van der Waals surface area contributed by atoms with Crippen molar-refractivity contribution in [2.24, 2.45) is 5.41 Å². The maximum Gasteiger partial charge on any atom is 0.287 e. The lowest BCUT2D eigenvalue weighted by Gasteiger charge is -2.41. The molecule has 1 fully saturated rings. The summed E-state index contributed by atoms with van der Waals surface area (Å²) < 4.78 is 11.8. The Morgan fingerprint density at radius 1 is 1.06 bits per heavy atom. The van der Waals surface area contributed by atoms with E-state index in [1.165, 1.54) is 5.56 Å². The predicted octanol–water partition coefficient (Wildman–Crippen LogP) is 5.27. The van der Waals surface area contributed by atoms with Crippen LogP contribution in [-0.2, 0) is 17.8 Å². The number of amides is 2. The highest BCUT2D eigenvalue weighted by Crippen LogP contribution is 2.39. The number of benzene rings is 2. The summed E-state index contributed by atoms with van der Waals surface area (Å²) >= 11 is 0. The van der Waals surface area contributed by atoms with Crippen LogP contribution in [0.2, 0.25) is 0 Å². The third-order valence-corrected chi connectivity index (χ3v) is 6.54. The van der Waals surface area contributed by atoms with E-state index in [9.17, 15) is 9.59 Å². The molecule has 0 radical (unpaired) electrons. The molecule has 2 aromatic carbocycles. The van der Waals surface area contributed by atoms with E-state index >= 15 is 0 Å². The molecule has 1 saturated carbocycles. The molecule has 1 aromatic heterocycles. The van der Waals surface area contributed by atoms with Crippen LogP contribution >= 0.6 is 0 Å². The lowest BCUT2D eigenvalue weighted by atomic mass is 9.85. The fraction of sp³-hybridized carbons (Fsp3) is 0.379. The molecule has 35 heavy (non-hydrogen) atoms. The van der Waals surface area contributed by atoms with E-state index in [1.807, 2.05) is 56.0 Å². The van der Waals surface area contributed by atoms with Crippen LogP contribution in [0.5, 0.6) is 5.75 Å². The minimum absolute atomic E-state index is 0.135. The molecule has 182 valence electrons. The first-order chi connectivity index (χ1) is 16.8. The Kier molecular flexibility index (Phi) is 6.13. The highest BCUT2D eigenvalue weighted by Gasteiger charge is 2.37. The van der Waals surface area contributed by atoms with E-state index < -0.39 is 5.41 Å². The topological polar surface area (TPSA) is 71.8 Å². The zero-order valence-electron chi connectivity index (χ0n) is 20.5. The first-order valence-electron chi connectivity index (χ1n) is 12.3. The summed E-state index contributed by atoms with van der Waals surface area (Å²) in [6, 6.07) is 19.8. The molecule has 6 nitrogen and oxygen atoms in total. The second-order valence-electron chi connectivity index (χ2n) is 10.5. The van der Waals surface area contributed by atoms with Crippen molar-refractivity contribution in [1.29, 1.82) is 0 Å². The minimum Gasteiger partial charge on any atom is -0.486 e. The zero-order chi connectivity index (χ0) is 24.6. The molecule has 1 aliphatic heterocycles. The number of ether oxygens (including phenoxy) is 1. The molecule has 1 N–H and O–H groups in total. The van der Waals surface area contributed by atoms with Crippen LogP contribution in [0.15, 0.2) is 65.1 Å². The molecule has 3 aromatic rings. The van der Waals surface area contributed by atoms with Gasteiger partial charge in [-0.15, -0.1) is 0 Å². The lowest BCUT2D eigenvalue weighted by Crippen LogP contribution is -2.45. The van der Waals surface area contributed by atoms with Crippen LogP contribution in [0.4, 0.5) is 0 Å². The van der Waals surface area contributed by atoms with Gasteiger partial charge >= 0.3 is 0 Å². The molecule has 0 unspecified atom stereocenters. The first-order valence-corrected chi connectivity index (χ1v) is 12.3. The van der Waals surface area contributed by atoms with Crippen molar-refractivity contribution in [2.75, 3.05) is 6.54 Å². The SMILES string of the molecule is CC(C)(C)C(=O)N1CCc2ccc(OCc3ccc(C(=O)NC4CC4)o3)cc2[C@H]1c1ccccc1. The van der Waals surface area contributed by atoms with Gasteiger partial charge in [0.1, 0.15) is 18.1 Å². The second-order valence-corrected chi connectivity index (χ2v) is 10.5. The van der Waals surface area contributed by atoms with Crippen LogP contribution in [-0.4, -0.2) is 29.3 Å². The molecular weight excluding hydrogens is 440 g/mol. The largest absolute Gasteiger partial charge is 0.486 e. The molecule has 6 heteroatoms. The number of carbonyl (C=O) groups excluding carboxylic acids is 2. The Labute approximate surface area is 206 Å². The van der Waals surface area contributed by atoms with Gasteiger partial charge in [-0.25, -0.2) is 0 Å². The fourth-order valence-corrected chi connectivity index (χ4v) is 4.54. The van der Waals surface area contributed by atoms with Crippen LogP contribution in [0, 0.1) is 5.41 Å². The monoisotopic (exact) mass is 472 g/mol. The molecule has 1 atom stereocenters. The zero-order valence-corrected chi connectivity index (χ0v) is 20.5. The summed E-state index contributed by atoms with van der Waals surface area (Å²) in [5, 5.41) is 2.93. The van der Waals surface area contributed by atoms with Crippen molar-refractivity contribution in [3.63, 3.8) is 0 Å². The molecule has 1 aliphatic carbocycles. The van der Waals surface area contributed by atoms with Gasteiger partial charge in [0.05, 0.1) is 6.04 Å². The van der Waals surface area contributed by atoms with Crippen molar-refractivity contribution in [2.45, 2.75) is 58.7 Å². The van der Waals surface area contributed by atoms with Crippen molar-refractivity contribution < 1.29 is 18.7 Å². The van der Waals surface area contributed by atoms with Gasteiger partial charge in [-0.05, 0) is 60.2 Å². The second kappa shape index (κ2) is 9.25. The van der Waals surface area contributed by atoms with Crippen LogP contribution < -0.4 is 10.1 Å². The number of hydrogen-bond acceptors (Lipinski definition) is 4. The van der Waals surface area contributed by atoms with E-state index in [0.29, 0.717) is 23.8 Å². The summed E-state index contributed by atoms with van der Waals surface area (Å²) in [7, 11) is 0. The van der Waals surface area contributed by atoms with E-state index in [2.05, 4.69) is 23.5 Å². The molecule has 2 amide bonds. The van der Waals surface area contributed by atoms with E-state index in [-0.39, 0.29) is 30.5 Å². The summed E-state index contributed by atoms with van der Waals surface area (Å²) in [6.45, 7) is 6.80. The molecule has 5 rings (SSSR count). The number of nitrogens with one attached hydrogen (secondary N) is 1. The summed E-state index contributed by atoms with van der Waals surface area (Å²) in [4.78, 5) is 27.6. The maximum atomic E-state index is 13.4. The predicted molar refractivity (Wildman–Crippen MR) is 133 cm³/mol. The number of furan rings is 1. The van der Waals surface area contributed by atoms with Crippen molar-refractivity contribution in [3.8, 4) is 5.75 Å². The van der Waals surface area contributed by atoms with Crippen LogP contribution in [0.1, 0.15) is 72.7 Å². The Morgan fingerprint density at radius 3 is 2.54 bits per heavy atom. The quantitative estimate of drug-likeness (QED) is 0.530. The molecule has 2 heterocycles. The summed E-state index contributed by atoms with van der Waals surface area (Å²) in [5.41, 5.74) is 2.92. The van der Waals surface area contributed by atoms with Gasteiger partial charge < -0.3 is 19.4 Å². The molecule has 0 bridgehead atoms. The average molecular weight is 473 g/mol. The molecular formula is C29H32N2O4. The third-order valence-electron chi connectivity index (χ3n) is 6.54. The van der Waals surface area contributed by atoms with Crippen LogP contribution in [0.3, 0.4) is 0 Å². The van der Waals surface area contributed by atoms with Crippen molar-refractivity contribution in [1.82, 2.24) is 10.2 Å². The van der Waals surface area contributed by atoms with Gasteiger partial charge in [-0.1, -0.05) is 57.2 Å². The Morgan fingerprint density at radius 2 is 1.83 bits per heavy atom. The standard InChI is InChI=1S/C29H32N2O4/c1-29(2,3)28(33)31-16-15-19-9-12-22(17-24(19)26(31)20-7-5-4-6-8-20)34-18-23-13-14-25(35-23)27(32)30-21-10-11-21/h4-9,12-14,17,21,26H,10-11,15-16,18H2,1-3H3,(H,30,32)/t26-/m1/s1. The third kappa shape index (κ3) is 5.11. The minimum atomic E-state index is -0.471. The van der Waals surface area contributed by atoms with Gasteiger partial charge in [0.15, 0.2) is 5.76 Å². The summed E-state index contributed by atoms with van der Waals surface area (Å²) in [5.74, 6) is 1.56. The number of fused-ring (bicyclic) bond motifs is 1. The molecule has 0 spiro atoms.